The van der Waals surface area contributed by atoms with Crippen LogP contribution in [0.5, 0.6) is 5.75 Å². The zero-order valence-corrected chi connectivity index (χ0v) is 11.7. The molecule has 0 heterocycles. The maximum atomic E-state index is 10.2. The summed E-state index contributed by atoms with van der Waals surface area (Å²) in [7, 11) is 0. The minimum atomic E-state index is -0.262. The molecule has 19 heavy (non-hydrogen) atoms. The predicted octanol–water partition coefficient (Wildman–Crippen LogP) is 3.13. The molecule has 1 aliphatic rings. The van der Waals surface area contributed by atoms with Crippen molar-refractivity contribution >= 4 is 0 Å². The number of aliphatic hydroxyl groups excluding tert-OH is 1. The van der Waals surface area contributed by atoms with Crippen molar-refractivity contribution in [3.05, 3.63) is 29.8 Å². The Morgan fingerprint density at radius 3 is 2.68 bits per heavy atom. The summed E-state index contributed by atoms with van der Waals surface area (Å²) in [6.07, 6.45) is 6.05. The minimum absolute atomic E-state index is 0.110. The van der Waals surface area contributed by atoms with E-state index in [1.165, 1.54) is 12.8 Å². The summed E-state index contributed by atoms with van der Waals surface area (Å²) >= 11 is 0. The van der Waals surface area contributed by atoms with Gasteiger partial charge in [0.1, 0.15) is 5.75 Å². The standard InChI is InChI=1S/C16H25NO2/c1-2-13(12-8-6-7-10-15(12)18)17-14-9-4-3-5-11-16(14)19/h6-8,10,13-14,16-19H,2-5,9,11H2,1H3. The van der Waals surface area contributed by atoms with E-state index in [0.29, 0.717) is 5.75 Å². The van der Waals surface area contributed by atoms with E-state index in [4.69, 9.17) is 0 Å². The lowest BCUT2D eigenvalue weighted by atomic mass is 9.99. The highest BCUT2D eigenvalue weighted by molar-refractivity contribution is 5.34. The lowest BCUT2D eigenvalue weighted by molar-refractivity contribution is 0.113. The normalized spacial score (nSPS) is 25.8. The highest BCUT2D eigenvalue weighted by Gasteiger charge is 2.25. The van der Waals surface area contributed by atoms with Gasteiger partial charge in [0.2, 0.25) is 0 Å². The Kier molecular flexibility index (Phi) is 5.23. The number of aliphatic hydroxyl groups is 1. The third-order valence-electron chi connectivity index (χ3n) is 4.12. The van der Waals surface area contributed by atoms with Crippen LogP contribution in [0.1, 0.15) is 57.1 Å². The number of aromatic hydroxyl groups is 1. The van der Waals surface area contributed by atoms with Crippen LogP contribution in [0.4, 0.5) is 0 Å². The molecule has 3 atom stereocenters. The van der Waals surface area contributed by atoms with Gasteiger partial charge in [0.25, 0.3) is 0 Å². The molecule has 0 bridgehead atoms. The summed E-state index contributed by atoms with van der Waals surface area (Å²) in [5.41, 5.74) is 0.932. The van der Waals surface area contributed by atoms with Crippen LogP contribution in [-0.4, -0.2) is 22.4 Å². The van der Waals surface area contributed by atoms with E-state index in [2.05, 4.69) is 12.2 Å². The third kappa shape index (κ3) is 3.71. The molecule has 0 saturated heterocycles. The Labute approximate surface area is 115 Å². The first-order chi connectivity index (χ1) is 9.22. The molecule has 3 heteroatoms. The topological polar surface area (TPSA) is 52.5 Å². The van der Waals surface area contributed by atoms with Crippen LogP contribution in [0.15, 0.2) is 24.3 Å². The lowest BCUT2D eigenvalue weighted by Crippen LogP contribution is -2.41. The quantitative estimate of drug-likeness (QED) is 0.732. The van der Waals surface area contributed by atoms with E-state index in [0.717, 1.165) is 31.2 Å². The zero-order chi connectivity index (χ0) is 13.7. The molecule has 1 saturated carbocycles. The van der Waals surface area contributed by atoms with Crippen molar-refractivity contribution in [1.29, 1.82) is 0 Å². The summed E-state index contributed by atoms with van der Waals surface area (Å²) in [5.74, 6) is 0.338. The number of phenols is 1. The highest BCUT2D eigenvalue weighted by atomic mass is 16.3. The molecule has 3 nitrogen and oxygen atoms in total. The van der Waals surface area contributed by atoms with E-state index < -0.39 is 0 Å². The van der Waals surface area contributed by atoms with Crippen LogP contribution in [0, 0.1) is 0 Å². The van der Waals surface area contributed by atoms with E-state index in [9.17, 15) is 10.2 Å². The summed E-state index contributed by atoms with van der Waals surface area (Å²) in [4.78, 5) is 0. The summed E-state index contributed by atoms with van der Waals surface area (Å²) in [6.45, 7) is 2.10. The van der Waals surface area contributed by atoms with Crippen molar-refractivity contribution in [2.24, 2.45) is 0 Å². The van der Waals surface area contributed by atoms with Gasteiger partial charge in [-0.1, -0.05) is 44.4 Å². The van der Waals surface area contributed by atoms with E-state index in [1.807, 2.05) is 18.2 Å². The highest BCUT2D eigenvalue weighted by Crippen LogP contribution is 2.28. The minimum Gasteiger partial charge on any atom is -0.508 e. The van der Waals surface area contributed by atoms with Crippen molar-refractivity contribution < 1.29 is 10.2 Å². The molecule has 0 radical (unpaired) electrons. The molecular weight excluding hydrogens is 238 g/mol. The first-order valence-corrected chi connectivity index (χ1v) is 7.44. The van der Waals surface area contributed by atoms with Crippen LogP contribution < -0.4 is 5.32 Å². The second kappa shape index (κ2) is 6.92. The molecule has 0 aliphatic heterocycles. The fraction of sp³-hybridized carbons (Fsp3) is 0.625. The SMILES string of the molecule is CCC(NC1CCCCCC1O)c1ccccc1O. The first-order valence-electron chi connectivity index (χ1n) is 7.44. The molecule has 1 fully saturated rings. The van der Waals surface area contributed by atoms with Gasteiger partial charge in [-0.2, -0.15) is 0 Å². The molecule has 0 amide bonds. The Morgan fingerprint density at radius 2 is 1.95 bits per heavy atom. The van der Waals surface area contributed by atoms with Gasteiger partial charge in [-0.25, -0.2) is 0 Å². The van der Waals surface area contributed by atoms with Crippen LogP contribution in [0.2, 0.25) is 0 Å². The molecule has 1 aromatic rings. The molecular formula is C16H25NO2. The van der Waals surface area contributed by atoms with Gasteiger partial charge in [-0.15, -0.1) is 0 Å². The van der Waals surface area contributed by atoms with Gasteiger partial charge in [-0.05, 0) is 25.3 Å². The molecule has 1 aromatic carbocycles. The molecule has 1 aliphatic carbocycles. The largest absolute Gasteiger partial charge is 0.508 e. The smallest absolute Gasteiger partial charge is 0.120 e. The number of hydrogen-bond acceptors (Lipinski definition) is 3. The molecule has 106 valence electrons. The maximum Gasteiger partial charge on any atom is 0.120 e. The van der Waals surface area contributed by atoms with Gasteiger partial charge < -0.3 is 15.5 Å². The number of benzene rings is 1. The monoisotopic (exact) mass is 263 g/mol. The van der Waals surface area contributed by atoms with Gasteiger partial charge in [0.05, 0.1) is 6.10 Å². The average Bonchev–Trinajstić information content (AvgIpc) is 2.62. The number of rotatable bonds is 4. The van der Waals surface area contributed by atoms with Crippen LogP contribution in [-0.2, 0) is 0 Å². The molecule has 3 N–H and O–H groups in total. The van der Waals surface area contributed by atoms with Crippen molar-refractivity contribution in [2.45, 2.75) is 63.6 Å². The maximum absolute atomic E-state index is 10.2. The number of para-hydroxylation sites is 1. The third-order valence-corrected chi connectivity index (χ3v) is 4.12. The van der Waals surface area contributed by atoms with Gasteiger partial charge in [0.15, 0.2) is 0 Å². The van der Waals surface area contributed by atoms with Crippen molar-refractivity contribution in [3.63, 3.8) is 0 Å². The van der Waals surface area contributed by atoms with Crippen molar-refractivity contribution in [1.82, 2.24) is 5.32 Å². The number of phenolic OH excluding ortho intramolecular Hbond substituents is 1. The fourth-order valence-corrected chi connectivity index (χ4v) is 2.95. The Hall–Kier alpha value is -1.06. The van der Waals surface area contributed by atoms with E-state index >= 15 is 0 Å². The van der Waals surface area contributed by atoms with E-state index in [1.54, 1.807) is 6.07 Å². The van der Waals surface area contributed by atoms with E-state index in [-0.39, 0.29) is 18.2 Å². The Bertz CT molecular complexity index is 394. The zero-order valence-electron chi connectivity index (χ0n) is 11.7. The fourth-order valence-electron chi connectivity index (χ4n) is 2.95. The second-order valence-electron chi connectivity index (χ2n) is 5.50. The molecule has 2 rings (SSSR count). The molecule has 0 spiro atoms. The summed E-state index contributed by atoms with van der Waals surface area (Å²) < 4.78 is 0. The average molecular weight is 263 g/mol. The Balaban J connectivity index is 2.08. The van der Waals surface area contributed by atoms with Crippen molar-refractivity contribution in [2.75, 3.05) is 0 Å². The van der Waals surface area contributed by atoms with Gasteiger partial charge in [0, 0.05) is 17.6 Å². The predicted molar refractivity (Wildman–Crippen MR) is 77.2 cm³/mol. The Morgan fingerprint density at radius 1 is 1.21 bits per heavy atom. The first kappa shape index (κ1) is 14.4. The van der Waals surface area contributed by atoms with Gasteiger partial charge >= 0.3 is 0 Å². The molecule has 3 unspecified atom stereocenters. The summed E-state index contributed by atoms with van der Waals surface area (Å²) in [6, 6.07) is 7.73. The lowest BCUT2D eigenvalue weighted by Gasteiger charge is -2.28. The number of nitrogens with one attached hydrogen (secondary N) is 1. The van der Waals surface area contributed by atoms with Gasteiger partial charge in [-0.3, -0.25) is 0 Å². The van der Waals surface area contributed by atoms with Crippen LogP contribution in [0.25, 0.3) is 0 Å². The van der Waals surface area contributed by atoms with Crippen molar-refractivity contribution in [3.8, 4) is 5.75 Å². The molecule has 0 aromatic heterocycles. The summed E-state index contributed by atoms with van der Waals surface area (Å²) in [5, 5.41) is 23.7. The van der Waals surface area contributed by atoms with Crippen LogP contribution in [0.3, 0.4) is 0 Å². The van der Waals surface area contributed by atoms with Crippen LogP contribution >= 0.6 is 0 Å². The second-order valence-corrected chi connectivity index (χ2v) is 5.50. The number of hydrogen-bond donors (Lipinski definition) is 3.